The minimum Gasteiger partial charge on any atom is -0.490 e. The Morgan fingerprint density at radius 1 is 1.25 bits per heavy atom. The van der Waals surface area contributed by atoms with E-state index in [1.807, 2.05) is 12.1 Å². The Morgan fingerprint density at radius 3 is 2.62 bits per heavy atom. The monoisotopic (exact) mass is 367 g/mol. The minimum absolute atomic E-state index is 0.0289. The van der Waals surface area contributed by atoms with Gasteiger partial charge in [0.1, 0.15) is 6.26 Å². The van der Waals surface area contributed by atoms with Crippen molar-refractivity contribution < 1.29 is 13.9 Å². The zero-order chi connectivity index (χ0) is 17.3. The molecular weight excluding hydrogens is 353 g/mol. The molecule has 126 valence electrons. The molecule has 7 heteroatoms. The van der Waals surface area contributed by atoms with Gasteiger partial charge >= 0.3 is 0 Å². The van der Waals surface area contributed by atoms with E-state index in [0.717, 1.165) is 30.7 Å². The Labute approximate surface area is 148 Å². The van der Waals surface area contributed by atoms with E-state index in [9.17, 15) is 9.59 Å². The van der Waals surface area contributed by atoms with Gasteiger partial charge in [-0.3, -0.25) is 9.59 Å². The summed E-state index contributed by atoms with van der Waals surface area (Å²) in [6.45, 7) is 0. The first-order valence-corrected chi connectivity index (χ1v) is 8.16. The SMILES string of the molecule is COc1coc(C(=O)NC2CC(c3ccc(Cl)c(Cl)c3)C2)cc1=O. The normalized spacial score (nSPS) is 19.5. The van der Waals surface area contributed by atoms with Crippen LogP contribution < -0.4 is 15.5 Å². The average Bonchev–Trinajstić information content (AvgIpc) is 2.53. The highest BCUT2D eigenvalue weighted by atomic mass is 35.5. The van der Waals surface area contributed by atoms with Crippen molar-refractivity contribution in [3.63, 3.8) is 0 Å². The number of methoxy groups -OCH3 is 1. The van der Waals surface area contributed by atoms with Gasteiger partial charge < -0.3 is 14.5 Å². The van der Waals surface area contributed by atoms with E-state index in [4.69, 9.17) is 32.4 Å². The van der Waals surface area contributed by atoms with Gasteiger partial charge in [-0.15, -0.1) is 0 Å². The number of carbonyl (C=O) groups is 1. The van der Waals surface area contributed by atoms with Gasteiger partial charge in [0.25, 0.3) is 5.91 Å². The summed E-state index contributed by atoms with van der Waals surface area (Å²) in [6, 6.07) is 6.74. The van der Waals surface area contributed by atoms with Crippen molar-refractivity contribution in [2.75, 3.05) is 7.11 Å². The number of hydrogen-bond donors (Lipinski definition) is 1. The molecule has 1 aromatic carbocycles. The van der Waals surface area contributed by atoms with Crippen LogP contribution in [0.3, 0.4) is 0 Å². The number of carbonyl (C=O) groups excluding carboxylic acids is 1. The van der Waals surface area contributed by atoms with Crippen LogP contribution in [0.15, 0.2) is 39.7 Å². The van der Waals surface area contributed by atoms with Crippen LogP contribution in [0.2, 0.25) is 10.0 Å². The molecule has 2 aromatic rings. The van der Waals surface area contributed by atoms with E-state index < -0.39 is 11.3 Å². The molecule has 1 N–H and O–H groups in total. The second kappa shape index (κ2) is 6.87. The summed E-state index contributed by atoms with van der Waals surface area (Å²) in [4.78, 5) is 23.8. The van der Waals surface area contributed by atoms with Gasteiger partial charge in [0.15, 0.2) is 5.76 Å². The Morgan fingerprint density at radius 2 is 2.00 bits per heavy atom. The summed E-state index contributed by atoms with van der Waals surface area (Å²) in [7, 11) is 1.36. The molecule has 24 heavy (non-hydrogen) atoms. The van der Waals surface area contributed by atoms with Crippen LogP contribution in [-0.2, 0) is 0 Å². The molecule has 0 aliphatic heterocycles. The van der Waals surface area contributed by atoms with Crippen LogP contribution in [0.25, 0.3) is 0 Å². The van der Waals surface area contributed by atoms with E-state index in [2.05, 4.69) is 5.32 Å². The third-order valence-electron chi connectivity index (χ3n) is 4.13. The smallest absolute Gasteiger partial charge is 0.287 e. The van der Waals surface area contributed by atoms with Gasteiger partial charge in [-0.1, -0.05) is 29.3 Å². The fraction of sp³-hybridized carbons (Fsp3) is 0.294. The van der Waals surface area contributed by atoms with Crippen molar-refractivity contribution in [1.82, 2.24) is 5.32 Å². The molecule has 0 atom stereocenters. The lowest BCUT2D eigenvalue weighted by atomic mass is 9.76. The van der Waals surface area contributed by atoms with Crippen LogP contribution >= 0.6 is 23.2 Å². The third-order valence-corrected chi connectivity index (χ3v) is 4.87. The number of nitrogens with one attached hydrogen (secondary N) is 1. The molecule has 1 amide bonds. The largest absolute Gasteiger partial charge is 0.490 e. The highest BCUT2D eigenvalue weighted by Gasteiger charge is 2.32. The molecule has 0 saturated heterocycles. The number of halogens is 2. The molecule has 1 fully saturated rings. The van der Waals surface area contributed by atoms with Gasteiger partial charge in [0, 0.05) is 12.1 Å². The molecule has 1 saturated carbocycles. The highest BCUT2D eigenvalue weighted by Crippen LogP contribution is 2.39. The van der Waals surface area contributed by atoms with Crippen molar-refractivity contribution in [2.24, 2.45) is 0 Å². The van der Waals surface area contributed by atoms with E-state index in [1.54, 1.807) is 6.07 Å². The lowest BCUT2D eigenvalue weighted by molar-refractivity contribution is 0.0877. The minimum atomic E-state index is -0.410. The van der Waals surface area contributed by atoms with E-state index in [0.29, 0.717) is 16.0 Å². The second-order valence-corrected chi connectivity index (χ2v) is 6.50. The highest BCUT2D eigenvalue weighted by molar-refractivity contribution is 6.42. The molecular formula is C17H15Cl2NO4. The van der Waals surface area contributed by atoms with Crippen LogP contribution in [0.4, 0.5) is 0 Å². The molecule has 0 bridgehead atoms. The molecule has 5 nitrogen and oxygen atoms in total. The molecule has 0 unspecified atom stereocenters. The van der Waals surface area contributed by atoms with Gasteiger partial charge in [-0.2, -0.15) is 0 Å². The summed E-state index contributed by atoms with van der Waals surface area (Å²) in [6.07, 6.45) is 2.73. The Balaban J connectivity index is 1.59. The van der Waals surface area contributed by atoms with Crippen LogP contribution in [-0.4, -0.2) is 19.1 Å². The van der Waals surface area contributed by atoms with E-state index in [-0.39, 0.29) is 17.6 Å². The van der Waals surface area contributed by atoms with Crippen molar-refractivity contribution in [2.45, 2.75) is 24.8 Å². The maximum atomic E-state index is 12.1. The van der Waals surface area contributed by atoms with Crippen molar-refractivity contribution in [3.8, 4) is 5.75 Å². The zero-order valence-corrected chi connectivity index (χ0v) is 14.4. The summed E-state index contributed by atoms with van der Waals surface area (Å²) >= 11 is 11.9. The van der Waals surface area contributed by atoms with Gasteiger partial charge in [0.2, 0.25) is 11.2 Å². The number of hydrogen-bond acceptors (Lipinski definition) is 4. The lowest BCUT2D eigenvalue weighted by Crippen LogP contribution is -2.43. The Bertz CT molecular complexity index is 828. The van der Waals surface area contributed by atoms with Crippen LogP contribution in [0.1, 0.15) is 34.9 Å². The summed E-state index contributed by atoms with van der Waals surface area (Å²) in [5.41, 5.74) is 0.710. The maximum absolute atomic E-state index is 12.1. The number of rotatable bonds is 4. The summed E-state index contributed by atoms with van der Waals surface area (Å²) < 4.78 is 9.95. The maximum Gasteiger partial charge on any atom is 0.287 e. The Kier molecular flexibility index (Phi) is 4.83. The number of benzene rings is 1. The van der Waals surface area contributed by atoms with Gasteiger partial charge in [0.05, 0.1) is 17.2 Å². The van der Waals surface area contributed by atoms with Crippen molar-refractivity contribution in [1.29, 1.82) is 0 Å². The summed E-state index contributed by atoms with van der Waals surface area (Å²) in [5.74, 6) is -0.0473. The van der Waals surface area contributed by atoms with E-state index in [1.165, 1.54) is 7.11 Å². The van der Waals surface area contributed by atoms with Crippen LogP contribution in [0.5, 0.6) is 5.75 Å². The predicted molar refractivity (Wildman–Crippen MR) is 91.2 cm³/mol. The molecule has 1 heterocycles. The second-order valence-electron chi connectivity index (χ2n) is 5.69. The van der Waals surface area contributed by atoms with Crippen molar-refractivity contribution >= 4 is 29.1 Å². The first-order chi connectivity index (χ1) is 11.5. The molecule has 1 aliphatic carbocycles. The van der Waals surface area contributed by atoms with Gasteiger partial charge in [-0.05, 0) is 36.5 Å². The predicted octanol–water partition coefficient (Wildman–Crippen LogP) is 3.63. The Hall–Kier alpha value is -1.98. The molecule has 0 spiro atoms. The fourth-order valence-electron chi connectivity index (χ4n) is 2.70. The molecule has 3 rings (SSSR count). The molecule has 1 aromatic heterocycles. The molecule has 0 radical (unpaired) electrons. The average molecular weight is 368 g/mol. The van der Waals surface area contributed by atoms with Gasteiger partial charge in [-0.25, -0.2) is 0 Å². The standard InChI is InChI=1S/C17H15Cl2NO4/c1-23-16-8-24-15(7-14(16)21)17(22)20-11-4-10(5-11)9-2-3-12(18)13(19)6-9/h2-3,6-8,10-11H,4-5H2,1H3,(H,20,22). The van der Waals surface area contributed by atoms with Crippen LogP contribution in [0, 0.1) is 0 Å². The first kappa shape index (κ1) is 16.9. The topological polar surface area (TPSA) is 68.5 Å². The number of ether oxygens (including phenoxy) is 1. The molecule has 1 aliphatic rings. The van der Waals surface area contributed by atoms with E-state index >= 15 is 0 Å². The third kappa shape index (κ3) is 3.42. The first-order valence-electron chi connectivity index (χ1n) is 7.40. The summed E-state index contributed by atoms with van der Waals surface area (Å²) in [5, 5.41) is 3.91. The van der Waals surface area contributed by atoms with Crippen molar-refractivity contribution in [3.05, 3.63) is 62.1 Å². The lowest BCUT2D eigenvalue weighted by Gasteiger charge is -2.36. The number of amides is 1. The zero-order valence-electron chi connectivity index (χ0n) is 12.8. The fourth-order valence-corrected chi connectivity index (χ4v) is 3.00. The quantitative estimate of drug-likeness (QED) is 0.895.